The number of aryl methyl sites for hydroxylation is 2. The van der Waals surface area contributed by atoms with Crippen molar-refractivity contribution in [2.24, 2.45) is 0 Å². The van der Waals surface area contributed by atoms with Crippen LogP contribution in [0.5, 0.6) is 0 Å². The fourth-order valence-corrected chi connectivity index (χ4v) is 2.58. The van der Waals surface area contributed by atoms with Gasteiger partial charge in [-0.15, -0.1) is 0 Å². The summed E-state index contributed by atoms with van der Waals surface area (Å²) in [6, 6.07) is 6.11. The second-order valence-electron chi connectivity index (χ2n) is 4.98. The molecule has 1 amide bonds. The number of rotatable bonds is 4. The minimum atomic E-state index is -0.749. The lowest BCUT2D eigenvalue weighted by Gasteiger charge is -2.29. The van der Waals surface area contributed by atoms with E-state index in [0.29, 0.717) is 6.42 Å². The van der Waals surface area contributed by atoms with Gasteiger partial charge in [0.25, 0.3) is 0 Å². The number of fused-ring (bicyclic) bond motifs is 1. The molecule has 1 heterocycles. The zero-order chi connectivity index (χ0) is 13.8. The SMILES string of the molecule is CC(=O)N1CCCc2cc(CCCC(=O)O)ccc21. The standard InChI is InChI=1S/C15H19NO3/c1-11(17)16-9-3-5-13-10-12(7-8-14(13)16)4-2-6-15(18)19/h7-8,10H,2-6,9H2,1H3,(H,18,19). The highest BCUT2D eigenvalue weighted by atomic mass is 16.4. The maximum atomic E-state index is 11.6. The van der Waals surface area contributed by atoms with Crippen LogP contribution in [0.2, 0.25) is 0 Å². The predicted molar refractivity (Wildman–Crippen MR) is 73.4 cm³/mol. The van der Waals surface area contributed by atoms with Crippen LogP contribution in [0.3, 0.4) is 0 Å². The summed E-state index contributed by atoms with van der Waals surface area (Å²) >= 11 is 0. The van der Waals surface area contributed by atoms with Crippen LogP contribution in [0.15, 0.2) is 18.2 Å². The fourth-order valence-electron chi connectivity index (χ4n) is 2.58. The molecule has 2 rings (SSSR count). The third-order valence-electron chi connectivity index (χ3n) is 3.50. The summed E-state index contributed by atoms with van der Waals surface area (Å²) in [4.78, 5) is 23.9. The summed E-state index contributed by atoms with van der Waals surface area (Å²) in [5.74, 6) is -0.666. The summed E-state index contributed by atoms with van der Waals surface area (Å²) in [5, 5.41) is 8.64. The van der Waals surface area contributed by atoms with E-state index < -0.39 is 5.97 Å². The quantitative estimate of drug-likeness (QED) is 0.905. The lowest BCUT2D eigenvalue weighted by Crippen LogP contribution is -2.33. The smallest absolute Gasteiger partial charge is 0.303 e. The summed E-state index contributed by atoms with van der Waals surface area (Å²) in [6.07, 6.45) is 3.62. The number of carboxylic acid groups (broad SMARTS) is 1. The Bertz CT molecular complexity index is 496. The molecule has 4 nitrogen and oxygen atoms in total. The third-order valence-corrected chi connectivity index (χ3v) is 3.50. The first-order valence-electron chi connectivity index (χ1n) is 6.69. The van der Waals surface area contributed by atoms with Crippen LogP contribution in [0, 0.1) is 0 Å². The molecule has 1 N–H and O–H groups in total. The number of hydrogen-bond donors (Lipinski definition) is 1. The van der Waals surface area contributed by atoms with E-state index in [1.165, 1.54) is 5.56 Å². The van der Waals surface area contributed by atoms with Gasteiger partial charge in [-0.25, -0.2) is 0 Å². The number of aliphatic carboxylic acids is 1. The first kappa shape index (κ1) is 13.6. The van der Waals surface area contributed by atoms with Crippen molar-refractivity contribution in [1.82, 2.24) is 0 Å². The third kappa shape index (κ3) is 3.34. The van der Waals surface area contributed by atoms with Crippen LogP contribution < -0.4 is 4.90 Å². The van der Waals surface area contributed by atoms with E-state index >= 15 is 0 Å². The largest absolute Gasteiger partial charge is 0.481 e. The minimum Gasteiger partial charge on any atom is -0.481 e. The molecule has 1 aromatic rings. The van der Waals surface area contributed by atoms with Crippen LogP contribution in [0.4, 0.5) is 5.69 Å². The molecule has 0 spiro atoms. The number of amides is 1. The van der Waals surface area contributed by atoms with Crippen LogP contribution in [0.1, 0.15) is 37.3 Å². The predicted octanol–water partition coefficient (Wildman–Crippen LogP) is 2.39. The van der Waals surface area contributed by atoms with Crippen molar-refractivity contribution in [2.75, 3.05) is 11.4 Å². The second kappa shape index (κ2) is 5.87. The Morgan fingerprint density at radius 1 is 1.37 bits per heavy atom. The molecular weight excluding hydrogens is 242 g/mol. The highest BCUT2D eigenvalue weighted by Crippen LogP contribution is 2.28. The highest BCUT2D eigenvalue weighted by Gasteiger charge is 2.19. The van der Waals surface area contributed by atoms with Gasteiger partial charge < -0.3 is 10.0 Å². The van der Waals surface area contributed by atoms with Crippen LogP contribution in [-0.2, 0) is 22.4 Å². The molecule has 102 valence electrons. The number of carbonyl (C=O) groups is 2. The molecule has 0 fully saturated rings. The maximum absolute atomic E-state index is 11.6. The van der Waals surface area contributed by atoms with Gasteiger partial charge >= 0.3 is 5.97 Å². The van der Waals surface area contributed by atoms with E-state index in [9.17, 15) is 9.59 Å². The second-order valence-corrected chi connectivity index (χ2v) is 4.98. The number of carbonyl (C=O) groups excluding carboxylic acids is 1. The van der Waals surface area contributed by atoms with E-state index in [1.54, 1.807) is 6.92 Å². The van der Waals surface area contributed by atoms with Crippen molar-refractivity contribution in [1.29, 1.82) is 0 Å². The van der Waals surface area contributed by atoms with Gasteiger partial charge in [0.2, 0.25) is 5.91 Å². The molecule has 1 aliphatic heterocycles. The molecule has 0 aromatic heterocycles. The van der Waals surface area contributed by atoms with Gasteiger partial charge in [-0.05, 0) is 42.9 Å². The van der Waals surface area contributed by atoms with Gasteiger partial charge in [0.15, 0.2) is 0 Å². The first-order valence-corrected chi connectivity index (χ1v) is 6.69. The van der Waals surface area contributed by atoms with Crippen LogP contribution in [0.25, 0.3) is 0 Å². The average Bonchev–Trinajstić information content (AvgIpc) is 2.37. The Morgan fingerprint density at radius 3 is 2.84 bits per heavy atom. The fraction of sp³-hybridized carbons (Fsp3) is 0.467. The Morgan fingerprint density at radius 2 is 2.16 bits per heavy atom. The average molecular weight is 261 g/mol. The molecule has 4 heteroatoms. The summed E-state index contributed by atoms with van der Waals surface area (Å²) in [5.41, 5.74) is 3.38. The summed E-state index contributed by atoms with van der Waals surface area (Å²) < 4.78 is 0. The molecule has 0 atom stereocenters. The summed E-state index contributed by atoms with van der Waals surface area (Å²) in [6.45, 7) is 2.39. The van der Waals surface area contributed by atoms with Gasteiger partial charge in [-0.3, -0.25) is 9.59 Å². The Labute approximate surface area is 113 Å². The number of carboxylic acids is 1. The monoisotopic (exact) mass is 261 g/mol. The first-order chi connectivity index (χ1) is 9.08. The lowest BCUT2D eigenvalue weighted by atomic mass is 9.97. The Hall–Kier alpha value is -1.84. The topological polar surface area (TPSA) is 57.6 Å². The molecular formula is C15H19NO3. The zero-order valence-electron chi connectivity index (χ0n) is 11.2. The van der Waals surface area contributed by atoms with E-state index in [2.05, 4.69) is 6.07 Å². The van der Waals surface area contributed by atoms with Gasteiger partial charge in [0.05, 0.1) is 0 Å². The molecule has 19 heavy (non-hydrogen) atoms. The molecule has 0 bridgehead atoms. The van der Waals surface area contributed by atoms with E-state index in [-0.39, 0.29) is 12.3 Å². The molecule has 0 aliphatic carbocycles. The maximum Gasteiger partial charge on any atom is 0.303 e. The van der Waals surface area contributed by atoms with Crippen molar-refractivity contribution in [3.8, 4) is 0 Å². The van der Waals surface area contributed by atoms with Crippen molar-refractivity contribution < 1.29 is 14.7 Å². The summed E-state index contributed by atoms with van der Waals surface area (Å²) in [7, 11) is 0. The highest BCUT2D eigenvalue weighted by molar-refractivity contribution is 5.92. The van der Waals surface area contributed by atoms with Crippen LogP contribution in [-0.4, -0.2) is 23.5 Å². The van der Waals surface area contributed by atoms with Gasteiger partial charge in [0, 0.05) is 25.6 Å². The van der Waals surface area contributed by atoms with Crippen molar-refractivity contribution in [2.45, 2.75) is 39.0 Å². The number of hydrogen-bond acceptors (Lipinski definition) is 2. The number of benzene rings is 1. The number of anilines is 1. The van der Waals surface area contributed by atoms with Crippen molar-refractivity contribution >= 4 is 17.6 Å². The molecule has 0 saturated heterocycles. The zero-order valence-corrected chi connectivity index (χ0v) is 11.2. The minimum absolute atomic E-state index is 0.0829. The molecule has 1 aromatic carbocycles. The van der Waals surface area contributed by atoms with Crippen LogP contribution >= 0.6 is 0 Å². The van der Waals surface area contributed by atoms with Crippen molar-refractivity contribution in [3.05, 3.63) is 29.3 Å². The van der Waals surface area contributed by atoms with Crippen molar-refractivity contribution in [3.63, 3.8) is 0 Å². The Balaban J connectivity index is 2.10. The normalized spacial score (nSPS) is 14.1. The molecule has 0 unspecified atom stereocenters. The number of nitrogens with zero attached hydrogens (tertiary/aromatic N) is 1. The molecule has 1 aliphatic rings. The van der Waals surface area contributed by atoms with E-state index in [4.69, 9.17) is 5.11 Å². The lowest BCUT2D eigenvalue weighted by molar-refractivity contribution is -0.137. The van der Waals surface area contributed by atoms with Gasteiger partial charge in [-0.2, -0.15) is 0 Å². The van der Waals surface area contributed by atoms with Gasteiger partial charge in [0.1, 0.15) is 0 Å². The molecule has 0 radical (unpaired) electrons. The van der Waals surface area contributed by atoms with Gasteiger partial charge in [-0.1, -0.05) is 12.1 Å². The molecule has 0 saturated carbocycles. The van der Waals surface area contributed by atoms with E-state index in [0.717, 1.165) is 37.1 Å². The van der Waals surface area contributed by atoms with E-state index in [1.807, 2.05) is 17.0 Å². The Kier molecular flexibility index (Phi) is 4.20.